The van der Waals surface area contributed by atoms with Crippen LogP contribution >= 0.6 is 0 Å². The van der Waals surface area contributed by atoms with E-state index in [9.17, 15) is 28.8 Å². The first kappa shape index (κ1) is 42.6. The van der Waals surface area contributed by atoms with Gasteiger partial charge in [0, 0.05) is 45.6 Å². The molecule has 0 radical (unpaired) electrons. The highest BCUT2D eigenvalue weighted by Crippen LogP contribution is 2.28. The van der Waals surface area contributed by atoms with Gasteiger partial charge in [0.15, 0.2) is 18.1 Å². The molecule has 2 heterocycles. The van der Waals surface area contributed by atoms with Gasteiger partial charge in [0.05, 0.1) is 7.11 Å². The fourth-order valence-electron chi connectivity index (χ4n) is 6.62. The summed E-state index contributed by atoms with van der Waals surface area (Å²) in [5.74, 6) is -2.15. The smallest absolute Gasteiger partial charge is 0.257 e. The van der Waals surface area contributed by atoms with Crippen molar-refractivity contribution in [2.24, 2.45) is 11.8 Å². The minimum atomic E-state index is -1.07. The molecule has 1 saturated heterocycles. The van der Waals surface area contributed by atoms with Crippen molar-refractivity contribution in [2.45, 2.75) is 76.9 Å². The van der Waals surface area contributed by atoms with E-state index in [0.29, 0.717) is 63.2 Å². The van der Waals surface area contributed by atoms with Crippen LogP contribution in [0.2, 0.25) is 0 Å². The number of fused-ring (bicyclic) bond motifs is 2. The third kappa shape index (κ3) is 13.3. The summed E-state index contributed by atoms with van der Waals surface area (Å²) < 4.78 is 16.2. The molecule has 2 aliphatic rings. The summed E-state index contributed by atoms with van der Waals surface area (Å²) >= 11 is 0. The van der Waals surface area contributed by atoms with E-state index in [4.69, 9.17) is 14.2 Å². The van der Waals surface area contributed by atoms with Gasteiger partial charge in [-0.2, -0.15) is 0 Å². The van der Waals surface area contributed by atoms with Gasteiger partial charge in [-0.3, -0.25) is 28.8 Å². The fraction of sp³-hybridized carbons (Fsp3) is 0.550. The maximum atomic E-state index is 14.1. The lowest BCUT2D eigenvalue weighted by Crippen LogP contribution is -2.58. The first-order valence-electron chi connectivity index (χ1n) is 19.0. The Bertz CT molecular complexity index is 1610. The van der Waals surface area contributed by atoms with Crippen LogP contribution in [0.15, 0.2) is 48.5 Å². The zero-order valence-electron chi connectivity index (χ0n) is 32.3. The Hall–Kier alpha value is -5.18. The SMILES string of the molecule is COCC(=O)N1CCC(C(=O)N[C@H]2CCCNC(=O)COc3cc(ccc3OC)CCCNC(=O)[C@@H](C(C)C)NC(=O)[C@H](Cc3ccccc3)NC2=O)CC1. The van der Waals surface area contributed by atoms with E-state index >= 15 is 0 Å². The number of carbonyl (C=O) groups excluding carboxylic acids is 6. The van der Waals surface area contributed by atoms with Crippen LogP contribution in [0.5, 0.6) is 11.5 Å². The number of benzene rings is 2. The van der Waals surface area contributed by atoms with Gasteiger partial charge in [-0.15, -0.1) is 0 Å². The zero-order chi connectivity index (χ0) is 39.7. The second-order valence-electron chi connectivity index (χ2n) is 14.3. The highest BCUT2D eigenvalue weighted by Gasteiger charge is 2.33. The van der Waals surface area contributed by atoms with Gasteiger partial charge in [0.1, 0.15) is 24.7 Å². The molecule has 0 aromatic heterocycles. The minimum absolute atomic E-state index is 0.0382. The summed E-state index contributed by atoms with van der Waals surface area (Å²) in [6.45, 7) is 4.66. The van der Waals surface area contributed by atoms with Crippen LogP contribution in [0.3, 0.4) is 0 Å². The summed E-state index contributed by atoms with van der Waals surface area (Å²) in [5, 5.41) is 14.4. The number of methoxy groups -OCH3 is 2. The van der Waals surface area contributed by atoms with Crippen LogP contribution in [0.1, 0.15) is 57.1 Å². The lowest BCUT2D eigenvalue weighted by molar-refractivity contribution is -0.139. The maximum absolute atomic E-state index is 14.1. The van der Waals surface area contributed by atoms with Gasteiger partial charge >= 0.3 is 0 Å². The van der Waals surface area contributed by atoms with Gasteiger partial charge < -0.3 is 45.7 Å². The van der Waals surface area contributed by atoms with Crippen LogP contribution in [0, 0.1) is 11.8 Å². The molecule has 1 fully saturated rings. The number of hydrogen-bond donors (Lipinski definition) is 5. The molecular formula is C40H56N6O9. The predicted molar refractivity (Wildman–Crippen MR) is 204 cm³/mol. The third-order valence-corrected chi connectivity index (χ3v) is 9.80. The Morgan fingerprint density at radius 2 is 1.62 bits per heavy atom. The molecule has 2 aliphatic heterocycles. The van der Waals surface area contributed by atoms with Crippen molar-refractivity contribution >= 4 is 35.4 Å². The normalized spacial score (nSPS) is 21.4. The number of aryl methyl sites for hydroxylation is 1. The second kappa shape index (κ2) is 21.6. The number of likely N-dealkylation sites (tertiary alicyclic amines) is 1. The van der Waals surface area contributed by atoms with Crippen molar-refractivity contribution in [2.75, 3.05) is 53.6 Å². The predicted octanol–water partition coefficient (Wildman–Crippen LogP) is 1.27. The Balaban J connectivity index is 1.56. The molecule has 0 spiro atoms. The molecule has 2 aromatic carbocycles. The highest BCUT2D eigenvalue weighted by atomic mass is 16.5. The van der Waals surface area contributed by atoms with Gasteiger partial charge in [0.25, 0.3) is 5.91 Å². The fourth-order valence-corrected chi connectivity index (χ4v) is 6.62. The lowest BCUT2D eigenvalue weighted by Gasteiger charge is -2.32. The molecule has 5 N–H and O–H groups in total. The first-order chi connectivity index (χ1) is 26.5. The Kier molecular flexibility index (Phi) is 16.7. The number of nitrogens with one attached hydrogen (secondary N) is 5. The average molecular weight is 765 g/mol. The topological polar surface area (TPSA) is 194 Å². The van der Waals surface area contributed by atoms with E-state index in [0.717, 1.165) is 11.1 Å². The molecule has 15 nitrogen and oxygen atoms in total. The average Bonchev–Trinajstić information content (AvgIpc) is 3.18. The van der Waals surface area contributed by atoms with E-state index in [1.165, 1.54) is 14.2 Å². The van der Waals surface area contributed by atoms with Crippen molar-refractivity contribution in [1.82, 2.24) is 31.5 Å². The monoisotopic (exact) mass is 764 g/mol. The van der Waals surface area contributed by atoms with Crippen LogP contribution < -0.4 is 36.1 Å². The molecule has 15 heteroatoms. The van der Waals surface area contributed by atoms with E-state index in [1.54, 1.807) is 17.0 Å². The van der Waals surface area contributed by atoms with Crippen molar-refractivity contribution in [1.29, 1.82) is 0 Å². The number of amides is 6. The number of nitrogens with zero attached hydrogens (tertiary/aromatic N) is 1. The second-order valence-corrected chi connectivity index (χ2v) is 14.3. The van der Waals surface area contributed by atoms with Crippen LogP contribution in [0.25, 0.3) is 0 Å². The molecule has 4 rings (SSSR count). The molecule has 0 aliphatic carbocycles. The Morgan fingerprint density at radius 3 is 2.31 bits per heavy atom. The van der Waals surface area contributed by atoms with Gasteiger partial charge in [-0.1, -0.05) is 50.2 Å². The van der Waals surface area contributed by atoms with Crippen molar-refractivity contribution in [3.8, 4) is 11.5 Å². The molecule has 6 amide bonds. The van der Waals surface area contributed by atoms with Gasteiger partial charge in [0.2, 0.25) is 29.5 Å². The van der Waals surface area contributed by atoms with E-state index in [2.05, 4.69) is 26.6 Å². The Labute approximate surface area is 323 Å². The van der Waals surface area contributed by atoms with Crippen molar-refractivity contribution < 1.29 is 43.0 Å². The summed E-state index contributed by atoms with van der Waals surface area (Å²) in [5.41, 5.74) is 1.72. The molecular weight excluding hydrogens is 708 g/mol. The quantitative estimate of drug-likeness (QED) is 0.263. The van der Waals surface area contributed by atoms with Crippen LogP contribution in [0.4, 0.5) is 0 Å². The molecule has 2 aromatic rings. The molecule has 3 atom stereocenters. The first-order valence-corrected chi connectivity index (χ1v) is 19.0. The third-order valence-electron chi connectivity index (χ3n) is 9.80. The number of rotatable bonds is 8. The maximum Gasteiger partial charge on any atom is 0.257 e. The van der Waals surface area contributed by atoms with Crippen LogP contribution in [-0.2, 0) is 46.3 Å². The van der Waals surface area contributed by atoms with E-state index < -0.39 is 35.9 Å². The highest BCUT2D eigenvalue weighted by molar-refractivity contribution is 5.94. The van der Waals surface area contributed by atoms with Crippen molar-refractivity contribution in [3.05, 3.63) is 59.7 Å². The largest absolute Gasteiger partial charge is 0.493 e. The molecule has 300 valence electrons. The number of carbonyl (C=O) groups is 6. The minimum Gasteiger partial charge on any atom is -0.493 e. The molecule has 2 bridgehead atoms. The standard InChI is InChI=1S/C40H56N6O9/c1-26(2)36-40(52)42-19-8-12-28-14-15-32(54-4)33(23-28)55-24-34(47)41-18-9-13-30(43-37(49)29-16-20-46(21-17-29)35(48)25-53-3)38(50)44-31(39(51)45-36)22-27-10-6-5-7-11-27/h5-7,10-11,14-15,23,26,29-31,36H,8-9,12-13,16-22,24-25H2,1-4H3,(H,41,47)(H,42,52)(H,43,49)(H,44,50)(H,45,51)/t30-,31-,36+/m0/s1. The van der Waals surface area contributed by atoms with Gasteiger partial charge in [-0.25, -0.2) is 0 Å². The number of piperidine rings is 1. The van der Waals surface area contributed by atoms with Gasteiger partial charge in [-0.05, 0) is 67.7 Å². The Morgan fingerprint density at radius 1 is 0.891 bits per heavy atom. The molecule has 0 unspecified atom stereocenters. The van der Waals surface area contributed by atoms with Crippen molar-refractivity contribution in [3.63, 3.8) is 0 Å². The zero-order valence-corrected chi connectivity index (χ0v) is 32.3. The summed E-state index contributed by atoms with van der Waals surface area (Å²) in [6, 6.07) is 11.7. The van der Waals surface area contributed by atoms with E-state index in [-0.39, 0.29) is 62.1 Å². The summed E-state index contributed by atoms with van der Waals surface area (Å²) in [6.07, 6.45) is 2.64. The summed E-state index contributed by atoms with van der Waals surface area (Å²) in [4.78, 5) is 81.8. The molecule has 0 saturated carbocycles. The van der Waals surface area contributed by atoms with Crippen LogP contribution in [-0.4, -0.2) is 112 Å². The molecule has 55 heavy (non-hydrogen) atoms. The lowest BCUT2D eigenvalue weighted by atomic mass is 9.95. The number of ether oxygens (including phenoxy) is 3. The number of hydrogen-bond acceptors (Lipinski definition) is 9. The summed E-state index contributed by atoms with van der Waals surface area (Å²) in [7, 11) is 2.96. The van der Waals surface area contributed by atoms with E-state index in [1.807, 2.05) is 50.2 Å².